The molecule has 0 heterocycles. The number of nitrogens with two attached hydrogens (primary N) is 1. The van der Waals surface area contributed by atoms with Crippen LogP contribution >= 0.6 is 0 Å². The van der Waals surface area contributed by atoms with Gasteiger partial charge in [0.15, 0.2) is 0 Å². The number of aryl methyl sites for hydroxylation is 1. The van der Waals surface area contributed by atoms with Gasteiger partial charge in [0.2, 0.25) is 0 Å². The van der Waals surface area contributed by atoms with Crippen LogP contribution < -0.4 is 10.6 Å². The fraction of sp³-hybridized carbons (Fsp3) is 0.600. The summed E-state index contributed by atoms with van der Waals surface area (Å²) in [7, 11) is 0. The van der Waals surface area contributed by atoms with E-state index in [4.69, 9.17) is 5.73 Å². The molecule has 1 aromatic rings. The molecule has 1 fully saturated rings. The Morgan fingerprint density at radius 3 is 2.53 bits per heavy atom. The molecule has 1 unspecified atom stereocenters. The van der Waals surface area contributed by atoms with Crippen molar-refractivity contribution in [2.75, 3.05) is 18.0 Å². The molecular formula is C15H24N2. The largest absolute Gasteiger partial charge is 0.370 e. The molecule has 1 aliphatic carbocycles. The van der Waals surface area contributed by atoms with Crippen molar-refractivity contribution in [1.82, 2.24) is 0 Å². The molecule has 0 radical (unpaired) electrons. The van der Waals surface area contributed by atoms with Gasteiger partial charge >= 0.3 is 0 Å². The lowest BCUT2D eigenvalue weighted by Gasteiger charge is -2.34. The minimum Gasteiger partial charge on any atom is -0.370 e. The normalized spacial score (nSPS) is 18.8. The van der Waals surface area contributed by atoms with Crippen molar-refractivity contribution in [1.29, 1.82) is 0 Å². The first-order valence-electron chi connectivity index (χ1n) is 6.64. The summed E-state index contributed by atoms with van der Waals surface area (Å²) in [5.74, 6) is 0.723. The summed E-state index contributed by atoms with van der Waals surface area (Å²) in [4.78, 5) is 2.41. The molecule has 0 spiro atoms. The van der Waals surface area contributed by atoms with Crippen molar-refractivity contribution in [3.63, 3.8) is 0 Å². The molecule has 0 aliphatic heterocycles. The van der Waals surface area contributed by atoms with Gasteiger partial charge in [-0.15, -0.1) is 0 Å². The van der Waals surface area contributed by atoms with E-state index >= 15 is 0 Å². The molecule has 1 aromatic carbocycles. The van der Waals surface area contributed by atoms with Crippen LogP contribution in [0.4, 0.5) is 5.69 Å². The third kappa shape index (κ3) is 2.81. The van der Waals surface area contributed by atoms with Crippen molar-refractivity contribution in [3.8, 4) is 0 Å². The molecule has 2 N–H and O–H groups in total. The van der Waals surface area contributed by atoms with Crippen LogP contribution in [-0.2, 0) is 0 Å². The van der Waals surface area contributed by atoms with Gasteiger partial charge in [0.1, 0.15) is 0 Å². The highest BCUT2D eigenvalue weighted by Crippen LogP contribution is 2.39. The van der Waals surface area contributed by atoms with E-state index in [0.717, 1.165) is 19.0 Å². The highest BCUT2D eigenvalue weighted by atomic mass is 15.2. The first-order chi connectivity index (χ1) is 8.04. The summed E-state index contributed by atoms with van der Waals surface area (Å²) in [6.07, 6.45) is 2.61. The highest BCUT2D eigenvalue weighted by Gasteiger charge is 2.39. The number of anilines is 1. The zero-order valence-corrected chi connectivity index (χ0v) is 11.2. The zero-order valence-electron chi connectivity index (χ0n) is 11.2. The highest BCUT2D eigenvalue weighted by molar-refractivity contribution is 5.53. The van der Waals surface area contributed by atoms with Crippen LogP contribution in [0.25, 0.3) is 0 Å². The van der Waals surface area contributed by atoms with Gasteiger partial charge in [-0.25, -0.2) is 0 Å². The molecule has 2 nitrogen and oxygen atoms in total. The van der Waals surface area contributed by atoms with E-state index in [2.05, 4.69) is 49.9 Å². The third-order valence-electron chi connectivity index (χ3n) is 3.88. The Hall–Kier alpha value is -1.02. The molecule has 0 bridgehead atoms. The van der Waals surface area contributed by atoms with Crippen LogP contribution in [0, 0.1) is 12.8 Å². The summed E-state index contributed by atoms with van der Waals surface area (Å²) in [5, 5.41) is 0. The van der Waals surface area contributed by atoms with Crippen LogP contribution in [-0.4, -0.2) is 18.6 Å². The Bertz CT molecular complexity index is 380. The summed E-state index contributed by atoms with van der Waals surface area (Å²) < 4.78 is 0. The van der Waals surface area contributed by atoms with E-state index in [1.54, 1.807) is 0 Å². The van der Waals surface area contributed by atoms with Crippen LogP contribution in [0.5, 0.6) is 0 Å². The zero-order chi connectivity index (χ0) is 12.5. The maximum absolute atomic E-state index is 6.44. The summed E-state index contributed by atoms with van der Waals surface area (Å²) in [6.45, 7) is 8.55. The standard InChI is InChI=1S/C15H24N2/c1-4-17(11-15(3,16)13-9-10-13)14-8-6-5-7-12(14)2/h5-8,13H,4,9-11,16H2,1-3H3. The second kappa shape index (κ2) is 4.69. The number of benzene rings is 1. The lowest BCUT2D eigenvalue weighted by atomic mass is 9.96. The van der Waals surface area contributed by atoms with Crippen molar-refractivity contribution in [3.05, 3.63) is 29.8 Å². The smallest absolute Gasteiger partial charge is 0.0396 e. The predicted octanol–water partition coefficient (Wildman–Crippen LogP) is 2.95. The van der Waals surface area contributed by atoms with Gasteiger partial charge in [0, 0.05) is 24.3 Å². The minimum absolute atomic E-state index is 0.0434. The topological polar surface area (TPSA) is 29.3 Å². The number of likely N-dealkylation sites (N-methyl/N-ethyl adjacent to an activating group) is 1. The summed E-state index contributed by atoms with van der Waals surface area (Å²) in [6, 6.07) is 8.57. The first kappa shape index (κ1) is 12.4. The molecule has 94 valence electrons. The third-order valence-corrected chi connectivity index (χ3v) is 3.88. The quantitative estimate of drug-likeness (QED) is 0.845. The van der Waals surface area contributed by atoms with E-state index in [-0.39, 0.29) is 5.54 Å². The fourth-order valence-electron chi connectivity index (χ4n) is 2.57. The average molecular weight is 232 g/mol. The van der Waals surface area contributed by atoms with Crippen LogP contribution in [0.15, 0.2) is 24.3 Å². The van der Waals surface area contributed by atoms with Crippen LogP contribution in [0.3, 0.4) is 0 Å². The van der Waals surface area contributed by atoms with Crippen LogP contribution in [0.1, 0.15) is 32.3 Å². The average Bonchev–Trinajstić information content (AvgIpc) is 3.11. The number of para-hydroxylation sites is 1. The number of hydrogen-bond acceptors (Lipinski definition) is 2. The lowest BCUT2D eigenvalue weighted by molar-refractivity contribution is 0.407. The van der Waals surface area contributed by atoms with Crippen molar-refractivity contribution < 1.29 is 0 Å². The van der Waals surface area contributed by atoms with Gasteiger partial charge in [-0.3, -0.25) is 0 Å². The van der Waals surface area contributed by atoms with E-state index in [0.29, 0.717) is 0 Å². The monoisotopic (exact) mass is 232 g/mol. The summed E-state index contributed by atoms with van der Waals surface area (Å²) >= 11 is 0. The second-order valence-corrected chi connectivity index (χ2v) is 5.58. The first-order valence-corrected chi connectivity index (χ1v) is 6.64. The number of rotatable bonds is 5. The van der Waals surface area contributed by atoms with Crippen molar-refractivity contribution in [2.45, 2.75) is 39.2 Å². The van der Waals surface area contributed by atoms with Gasteiger partial charge in [0.25, 0.3) is 0 Å². The molecule has 1 aliphatic rings. The maximum Gasteiger partial charge on any atom is 0.0396 e. The Balaban J connectivity index is 2.14. The lowest BCUT2D eigenvalue weighted by Crippen LogP contribution is -2.50. The molecule has 0 aromatic heterocycles. The number of nitrogens with zero attached hydrogens (tertiary/aromatic N) is 1. The van der Waals surface area contributed by atoms with Gasteiger partial charge < -0.3 is 10.6 Å². The van der Waals surface area contributed by atoms with E-state index in [1.807, 2.05) is 0 Å². The maximum atomic E-state index is 6.44. The van der Waals surface area contributed by atoms with Crippen molar-refractivity contribution >= 4 is 5.69 Å². The Labute approximate surface area is 105 Å². The van der Waals surface area contributed by atoms with Gasteiger partial charge in [-0.1, -0.05) is 18.2 Å². The van der Waals surface area contributed by atoms with E-state index in [1.165, 1.54) is 24.1 Å². The van der Waals surface area contributed by atoms with Gasteiger partial charge in [-0.05, 0) is 51.2 Å². The Kier molecular flexibility index (Phi) is 3.43. The molecule has 17 heavy (non-hydrogen) atoms. The van der Waals surface area contributed by atoms with E-state index < -0.39 is 0 Å². The molecule has 0 amide bonds. The Morgan fingerprint density at radius 1 is 1.35 bits per heavy atom. The molecular weight excluding hydrogens is 208 g/mol. The van der Waals surface area contributed by atoms with Gasteiger partial charge in [0.05, 0.1) is 0 Å². The van der Waals surface area contributed by atoms with Crippen molar-refractivity contribution in [2.24, 2.45) is 11.7 Å². The summed E-state index contributed by atoms with van der Waals surface area (Å²) in [5.41, 5.74) is 9.06. The molecule has 1 saturated carbocycles. The van der Waals surface area contributed by atoms with E-state index in [9.17, 15) is 0 Å². The molecule has 0 saturated heterocycles. The SMILES string of the molecule is CCN(CC(C)(N)C1CC1)c1ccccc1C. The molecule has 1 atom stereocenters. The Morgan fingerprint density at radius 2 is 2.00 bits per heavy atom. The predicted molar refractivity (Wildman–Crippen MR) is 74.4 cm³/mol. The molecule has 2 rings (SSSR count). The van der Waals surface area contributed by atoms with Crippen LogP contribution in [0.2, 0.25) is 0 Å². The second-order valence-electron chi connectivity index (χ2n) is 5.58. The molecule has 2 heteroatoms. The number of hydrogen-bond donors (Lipinski definition) is 1. The fourth-order valence-corrected chi connectivity index (χ4v) is 2.57. The minimum atomic E-state index is -0.0434. The van der Waals surface area contributed by atoms with Gasteiger partial charge in [-0.2, -0.15) is 0 Å².